The van der Waals surface area contributed by atoms with E-state index in [1.807, 2.05) is 0 Å². The Morgan fingerprint density at radius 2 is 1.25 bits per heavy atom. The van der Waals surface area contributed by atoms with Gasteiger partial charge in [0, 0.05) is 6.61 Å². The number of ether oxygens (including phenoxy) is 4. The summed E-state index contributed by atoms with van der Waals surface area (Å²) in [5.74, 6) is 0.262. The molecule has 0 aromatic carbocycles. The Morgan fingerprint density at radius 3 is 1.80 bits per heavy atom. The average Bonchev–Trinajstić information content (AvgIpc) is 2.90. The molecule has 0 saturated carbocycles. The molecule has 1 aromatic rings. The zero-order valence-corrected chi connectivity index (χ0v) is 27.8. The molecule has 0 saturated heterocycles. The fourth-order valence-corrected chi connectivity index (χ4v) is 4.65. The molecule has 0 radical (unpaired) electrons. The molecule has 1 unspecified atom stereocenters. The molecule has 0 fully saturated rings. The van der Waals surface area contributed by atoms with Crippen molar-refractivity contribution in [3.05, 3.63) is 6.07 Å². The number of nitrogens with zero attached hydrogens (tertiary/aromatic N) is 2. The van der Waals surface area contributed by atoms with Crippen LogP contribution in [0.1, 0.15) is 96.8 Å². The first-order valence-corrected chi connectivity index (χ1v) is 16.3. The summed E-state index contributed by atoms with van der Waals surface area (Å²) in [5, 5.41) is 8.80. The molecule has 0 aliphatic heterocycles. The maximum Gasteiger partial charge on any atom is 1.00 e. The van der Waals surface area contributed by atoms with Crippen molar-refractivity contribution in [1.29, 1.82) is 0 Å². The van der Waals surface area contributed by atoms with Crippen LogP contribution in [-0.4, -0.2) is 67.7 Å². The summed E-state index contributed by atoms with van der Waals surface area (Å²) in [6.45, 7) is 2.99. The van der Waals surface area contributed by atoms with Crippen LogP contribution < -0.4 is 49.7 Å². The SMILES string of the molecule is CCCCCCCCCCCCCCCCOCCOP(=O)([O-])COCCOc1cc(OCCO)nc(N)n1.[Na+]. The van der Waals surface area contributed by atoms with Gasteiger partial charge in [0.1, 0.15) is 19.6 Å². The molecule has 0 aliphatic rings. The van der Waals surface area contributed by atoms with Crippen LogP contribution in [0.15, 0.2) is 6.07 Å². The van der Waals surface area contributed by atoms with E-state index in [0.717, 1.165) is 12.8 Å². The number of nitrogen functional groups attached to an aromatic ring is 1. The monoisotopic (exact) mass is 599 g/mol. The van der Waals surface area contributed by atoms with Crippen LogP contribution >= 0.6 is 7.60 Å². The summed E-state index contributed by atoms with van der Waals surface area (Å²) in [5.41, 5.74) is 5.58. The van der Waals surface area contributed by atoms with Crippen LogP contribution in [0.3, 0.4) is 0 Å². The number of anilines is 1. The average molecular weight is 600 g/mol. The Bertz CT molecular complexity index is 766. The fourth-order valence-electron chi connectivity index (χ4n) is 3.87. The Balaban J connectivity index is 0.0000152. The normalized spacial score (nSPS) is 12.6. The number of aliphatic hydroxyl groups excluding tert-OH is 1. The maximum atomic E-state index is 11.9. The second-order valence-corrected chi connectivity index (χ2v) is 11.3. The van der Waals surface area contributed by atoms with E-state index >= 15 is 0 Å². The minimum atomic E-state index is -4.12. The third-order valence-corrected chi connectivity index (χ3v) is 7.00. The van der Waals surface area contributed by atoms with Crippen molar-refractivity contribution in [1.82, 2.24) is 9.97 Å². The van der Waals surface area contributed by atoms with E-state index in [0.29, 0.717) is 6.61 Å². The van der Waals surface area contributed by atoms with Crippen molar-refractivity contribution in [3.63, 3.8) is 0 Å². The first kappa shape index (κ1) is 39.5. The van der Waals surface area contributed by atoms with E-state index in [2.05, 4.69) is 16.9 Å². The number of hydrogen-bond acceptors (Lipinski definition) is 11. The van der Waals surface area contributed by atoms with Crippen molar-refractivity contribution >= 4 is 13.5 Å². The molecule has 1 aromatic heterocycles. The van der Waals surface area contributed by atoms with Crippen LogP contribution in [0.4, 0.5) is 5.95 Å². The van der Waals surface area contributed by atoms with Gasteiger partial charge in [-0.05, 0) is 6.42 Å². The summed E-state index contributed by atoms with van der Waals surface area (Å²) < 4.78 is 38.0. The summed E-state index contributed by atoms with van der Waals surface area (Å²) in [6.07, 6.45) is 17.7. The van der Waals surface area contributed by atoms with Gasteiger partial charge in [-0.3, -0.25) is 0 Å². The first-order valence-electron chi connectivity index (χ1n) is 14.6. The quantitative estimate of drug-likeness (QED) is 0.0823. The van der Waals surface area contributed by atoms with Crippen molar-refractivity contribution in [2.24, 2.45) is 0 Å². The zero-order chi connectivity index (χ0) is 28.4. The van der Waals surface area contributed by atoms with Crippen LogP contribution in [-0.2, 0) is 18.6 Å². The van der Waals surface area contributed by atoms with E-state index in [1.165, 1.54) is 83.1 Å². The standard InChI is InChI=1S/C27H52N3O8P.Na/c1-2-3-4-5-6-7-8-9-10-11-12-13-14-15-17-34-20-22-38-39(32,33)24-35-19-21-37-26-23-25(36-18-16-31)29-27(28)30-26;/h23,31H,2-22,24H2,1H3,(H,32,33)(H2,28,29,30);/q;+1/p-1. The third kappa shape index (κ3) is 24.1. The molecule has 0 amide bonds. The molecule has 13 heteroatoms. The van der Waals surface area contributed by atoms with Gasteiger partial charge in [-0.25, -0.2) is 0 Å². The second-order valence-electron chi connectivity index (χ2n) is 9.51. The molecule has 3 N–H and O–H groups in total. The molecular formula is C27H51N3NaO8P. The summed E-state index contributed by atoms with van der Waals surface area (Å²) >= 11 is 0. The summed E-state index contributed by atoms with van der Waals surface area (Å²) in [7, 11) is -4.12. The van der Waals surface area contributed by atoms with Crippen molar-refractivity contribution in [3.8, 4) is 11.8 Å². The van der Waals surface area contributed by atoms with Crippen LogP contribution in [0, 0.1) is 0 Å². The van der Waals surface area contributed by atoms with Gasteiger partial charge < -0.3 is 43.8 Å². The fraction of sp³-hybridized carbons (Fsp3) is 0.852. The van der Waals surface area contributed by atoms with Gasteiger partial charge in [-0.2, -0.15) is 9.97 Å². The molecule has 1 heterocycles. The predicted molar refractivity (Wildman–Crippen MR) is 150 cm³/mol. The molecule has 0 spiro atoms. The Morgan fingerprint density at radius 1 is 0.750 bits per heavy atom. The predicted octanol–water partition coefficient (Wildman–Crippen LogP) is 1.85. The number of hydrogen-bond donors (Lipinski definition) is 2. The number of rotatable bonds is 28. The van der Waals surface area contributed by atoms with Crippen molar-refractivity contribution in [2.45, 2.75) is 96.8 Å². The molecular weight excluding hydrogens is 548 g/mol. The van der Waals surface area contributed by atoms with Crippen LogP contribution in [0.5, 0.6) is 11.8 Å². The Labute approximate surface area is 263 Å². The van der Waals surface area contributed by atoms with Gasteiger partial charge >= 0.3 is 29.6 Å². The number of unbranched alkanes of at least 4 members (excludes halogenated alkanes) is 13. The Hall–Kier alpha value is -0.490. The summed E-state index contributed by atoms with van der Waals surface area (Å²) in [4.78, 5) is 19.7. The largest absolute Gasteiger partial charge is 1.00 e. The van der Waals surface area contributed by atoms with Crippen molar-refractivity contribution in [2.75, 3.05) is 58.3 Å². The van der Waals surface area contributed by atoms with Gasteiger partial charge in [0.2, 0.25) is 17.7 Å². The van der Waals surface area contributed by atoms with Crippen molar-refractivity contribution < 1.29 is 67.6 Å². The smallest absolute Gasteiger partial charge is 0.777 e. The van der Waals surface area contributed by atoms with Crippen LogP contribution in [0.25, 0.3) is 0 Å². The van der Waals surface area contributed by atoms with Gasteiger partial charge in [0.15, 0.2) is 7.60 Å². The van der Waals surface area contributed by atoms with E-state index in [-0.39, 0.29) is 86.9 Å². The Kier molecular flexibility index (Phi) is 27.0. The molecule has 1 atom stereocenters. The van der Waals surface area contributed by atoms with Gasteiger partial charge in [-0.1, -0.05) is 90.4 Å². The number of nitrogens with two attached hydrogens (primary N) is 1. The van der Waals surface area contributed by atoms with E-state index in [9.17, 15) is 9.46 Å². The minimum absolute atomic E-state index is 0. The topological polar surface area (TPSA) is 158 Å². The minimum Gasteiger partial charge on any atom is -0.777 e. The molecule has 0 aliphatic carbocycles. The van der Waals surface area contributed by atoms with Gasteiger partial charge in [0.25, 0.3) is 0 Å². The third-order valence-electron chi connectivity index (χ3n) is 5.92. The van der Waals surface area contributed by atoms with Crippen LogP contribution in [0.2, 0.25) is 0 Å². The van der Waals surface area contributed by atoms with E-state index in [4.69, 9.17) is 34.3 Å². The molecule has 40 heavy (non-hydrogen) atoms. The van der Waals surface area contributed by atoms with Gasteiger partial charge in [0.05, 0.1) is 32.5 Å². The van der Waals surface area contributed by atoms with Gasteiger partial charge in [-0.15, -0.1) is 0 Å². The maximum absolute atomic E-state index is 11.9. The second kappa shape index (κ2) is 27.3. The molecule has 0 bridgehead atoms. The zero-order valence-electron chi connectivity index (χ0n) is 24.9. The molecule has 1 rings (SSSR count). The van der Waals surface area contributed by atoms with E-state index in [1.54, 1.807) is 0 Å². The summed E-state index contributed by atoms with van der Waals surface area (Å²) in [6, 6.07) is 1.41. The number of aliphatic hydroxyl groups is 1. The molecule has 228 valence electrons. The first-order chi connectivity index (χ1) is 19.0. The molecule has 11 nitrogen and oxygen atoms in total. The number of aromatic nitrogens is 2. The van der Waals surface area contributed by atoms with E-state index < -0.39 is 13.9 Å².